The topological polar surface area (TPSA) is 71.0 Å². The first-order chi connectivity index (χ1) is 15.9. The van der Waals surface area contributed by atoms with E-state index < -0.39 is 0 Å². The summed E-state index contributed by atoms with van der Waals surface area (Å²) in [5.41, 5.74) is 6.36. The van der Waals surface area contributed by atoms with Gasteiger partial charge in [-0.2, -0.15) is 10.1 Å². The molecule has 0 radical (unpaired) electrons. The van der Waals surface area contributed by atoms with Crippen molar-refractivity contribution in [2.24, 2.45) is 5.10 Å². The van der Waals surface area contributed by atoms with Gasteiger partial charge >= 0.3 is 0 Å². The Labute approximate surface area is 198 Å². The van der Waals surface area contributed by atoms with Crippen molar-refractivity contribution in [3.05, 3.63) is 60.0 Å². The molecule has 2 N–H and O–H groups in total. The molecule has 7 heteroatoms. The van der Waals surface area contributed by atoms with Gasteiger partial charge in [0.1, 0.15) is 6.61 Å². The first kappa shape index (κ1) is 26.0. The van der Waals surface area contributed by atoms with Gasteiger partial charge in [-0.3, -0.25) is 5.43 Å². The molecular weight excluding hydrogens is 414 g/mol. The molecule has 2 aromatic rings. The van der Waals surface area contributed by atoms with Crippen molar-refractivity contribution in [1.29, 1.82) is 0 Å². The predicted octanol–water partition coefficient (Wildman–Crippen LogP) is 5.33. The zero-order valence-electron chi connectivity index (χ0n) is 20.7. The van der Waals surface area contributed by atoms with Gasteiger partial charge in [-0.15, -0.1) is 0 Å². The number of anilines is 2. The van der Waals surface area contributed by atoms with E-state index in [1.807, 2.05) is 38.1 Å². The molecular formula is C26H39N5O2. The summed E-state index contributed by atoms with van der Waals surface area (Å²) in [7, 11) is 0. The van der Waals surface area contributed by atoms with Crippen molar-refractivity contribution in [1.82, 2.24) is 10.3 Å². The van der Waals surface area contributed by atoms with Gasteiger partial charge in [0.25, 0.3) is 0 Å². The molecule has 1 aromatic carbocycles. The average Bonchev–Trinajstić information content (AvgIpc) is 2.76. The van der Waals surface area contributed by atoms with E-state index >= 15 is 0 Å². The first-order valence-corrected chi connectivity index (χ1v) is 11.8. The maximum Gasteiger partial charge on any atom is 0.217 e. The van der Waals surface area contributed by atoms with Gasteiger partial charge in [-0.25, -0.2) is 0 Å². The van der Waals surface area contributed by atoms with Crippen molar-refractivity contribution in [3.8, 4) is 5.88 Å². The molecule has 33 heavy (non-hydrogen) atoms. The summed E-state index contributed by atoms with van der Waals surface area (Å²) in [6.45, 7) is 17.2. The lowest BCUT2D eigenvalue weighted by molar-refractivity contribution is 0.129. The van der Waals surface area contributed by atoms with Crippen LogP contribution in [0.2, 0.25) is 0 Å². The fourth-order valence-electron chi connectivity index (χ4n) is 3.31. The predicted molar refractivity (Wildman–Crippen MR) is 138 cm³/mol. The van der Waals surface area contributed by atoms with Crippen molar-refractivity contribution >= 4 is 17.7 Å². The molecule has 0 unspecified atom stereocenters. The molecule has 0 aliphatic carbocycles. The van der Waals surface area contributed by atoms with E-state index in [0.29, 0.717) is 30.7 Å². The molecule has 0 bridgehead atoms. The molecule has 0 spiro atoms. The third-order valence-electron chi connectivity index (χ3n) is 4.63. The van der Waals surface area contributed by atoms with E-state index in [1.165, 1.54) is 5.56 Å². The largest absolute Gasteiger partial charge is 0.477 e. The van der Waals surface area contributed by atoms with E-state index in [-0.39, 0.29) is 6.10 Å². The van der Waals surface area contributed by atoms with E-state index in [1.54, 1.807) is 6.21 Å². The van der Waals surface area contributed by atoms with Gasteiger partial charge in [0.2, 0.25) is 5.88 Å². The molecule has 1 heterocycles. The lowest BCUT2D eigenvalue weighted by Gasteiger charge is -2.24. The molecule has 180 valence electrons. The number of ether oxygens (including phenoxy) is 2. The summed E-state index contributed by atoms with van der Waals surface area (Å²) in [4.78, 5) is 6.94. The molecule has 0 amide bonds. The molecule has 2 rings (SSSR count). The lowest BCUT2D eigenvalue weighted by atomic mass is 10.2. The van der Waals surface area contributed by atoms with Crippen molar-refractivity contribution < 1.29 is 9.47 Å². The van der Waals surface area contributed by atoms with Gasteiger partial charge in [0, 0.05) is 30.9 Å². The Morgan fingerprint density at radius 2 is 1.94 bits per heavy atom. The van der Waals surface area contributed by atoms with Crippen LogP contribution in [0.4, 0.5) is 11.5 Å². The van der Waals surface area contributed by atoms with Crippen LogP contribution in [-0.2, 0) is 4.74 Å². The number of hydrazone groups is 1. The standard InChI is InChI=1S/C26H39N5O2/c1-7-13-31(14-8-2)24-17-25(30-28-19-23-11-9-10-21(5)16-23)29-26(18-24)32-15-12-27-22(6)33-20(3)4/h9-11,16-20,27H,6-8,12-15H2,1-5H3,(H,29,30)/b28-19+. The zero-order chi connectivity index (χ0) is 24.1. The highest BCUT2D eigenvalue weighted by atomic mass is 16.5. The van der Waals surface area contributed by atoms with Crippen molar-refractivity contribution in [3.63, 3.8) is 0 Å². The number of benzene rings is 1. The second-order valence-electron chi connectivity index (χ2n) is 8.19. The molecule has 0 saturated carbocycles. The van der Waals surface area contributed by atoms with Crippen LogP contribution in [0.15, 0.2) is 54.0 Å². The summed E-state index contributed by atoms with van der Waals surface area (Å²) in [5.74, 6) is 1.74. The fraction of sp³-hybridized carbons (Fsp3) is 0.462. The smallest absolute Gasteiger partial charge is 0.217 e. The van der Waals surface area contributed by atoms with Gasteiger partial charge in [-0.1, -0.05) is 43.7 Å². The Bertz CT molecular complexity index is 892. The molecule has 0 aliphatic rings. The number of rotatable bonds is 15. The van der Waals surface area contributed by atoms with Crippen LogP contribution in [0.5, 0.6) is 5.88 Å². The quantitative estimate of drug-likeness (QED) is 0.164. The summed E-state index contributed by atoms with van der Waals surface area (Å²) in [6, 6.07) is 12.2. The molecule has 0 atom stereocenters. The van der Waals surface area contributed by atoms with Crippen LogP contribution in [0.3, 0.4) is 0 Å². The van der Waals surface area contributed by atoms with Crippen LogP contribution in [0, 0.1) is 6.92 Å². The Morgan fingerprint density at radius 3 is 2.61 bits per heavy atom. The Morgan fingerprint density at radius 1 is 1.18 bits per heavy atom. The van der Waals surface area contributed by atoms with Crippen LogP contribution in [-0.4, -0.2) is 43.5 Å². The van der Waals surface area contributed by atoms with Crippen molar-refractivity contribution in [2.75, 3.05) is 36.6 Å². The van der Waals surface area contributed by atoms with Gasteiger partial charge < -0.3 is 19.7 Å². The zero-order valence-corrected chi connectivity index (χ0v) is 20.7. The molecule has 7 nitrogen and oxygen atoms in total. The lowest BCUT2D eigenvalue weighted by Crippen LogP contribution is -2.25. The van der Waals surface area contributed by atoms with Gasteiger partial charge in [0.05, 0.1) is 18.9 Å². The minimum absolute atomic E-state index is 0.0846. The number of nitrogens with zero attached hydrogens (tertiary/aromatic N) is 3. The highest BCUT2D eigenvalue weighted by Crippen LogP contribution is 2.24. The Kier molecular flexibility index (Phi) is 11.1. The number of nitrogens with one attached hydrogen (secondary N) is 2. The maximum atomic E-state index is 5.94. The number of aryl methyl sites for hydroxylation is 1. The Hall–Kier alpha value is -3.22. The molecule has 1 aromatic heterocycles. The number of hydrogen-bond donors (Lipinski definition) is 2. The highest BCUT2D eigenvalue weighted by molar-refractivity contribution is 5.80. The maximum absolute atomic E-state index is 5.94. The number of aromatic nitrogens is 1. The minimum Gasteiger partial charge on any atom is -0.477 e. The Balaban J connectivity index is 2.11. The van der Waals surface area contributed by atoms with E-state index in [9.17, 15) is 0 Å². The SMILES string of the molecule is C=C(NCCOc1cc(N(CCC)CCC)cc(N/N=C/c2cccc(C)c2)n1)OC(C)C. The third kappa shape index (κ3) is 9.85. The number of pyridine rings is 1. The van der Waals surface area contributed by atoms with E-state index in [4.69, 9.17) is 9.47 Å². The summed E-state index contributed by atoms with van der Waals surface area (Å²) in [6.07, 6.45) is 4.01. The average molecular weight is 454 g/mol. The van der Waals surface area contributed by atoms with E-state index in [2.05, 4.69) is 65.2 Å². The first-order valence-electron chi connectivity index (χ1n) is 11.8. The van der Waals surface area contributed by atoms with Crippen LogP contribution in [0.1, 0.15) is 51.7 Å². The number of hydrogen-bond acceptors (Lipinski definition) is 7. The monoisotopic (exact) mass is 453 g/mol. The van der Waals surface area contributed by atoms with Gasteiger partial charge in [0.15, 0.2) is 11.7 Å². The highest BCUT2D eigenvalue weighted by Gasteiger charge is 2.10. The van der Waals surface area contributed by atoms with Crippen LogP contribution in [0.25, 0.3) is 0 Å². The van der Waals surface area contributed by atoms with E-state index in [0.717, 1.165) is 37.2 Å². The second-order valence-corrected chi connectivity index (χ2v) is 8.19. The normalized spacial score (nSPS) is 11.0. The van der Waals surface area contributed by atoms with Crippen LogP contribution < -0.4 is 20.4 Å². The minimum atomic E-state index is 0.0846. The molecule has 0 saturated heterocycles. The second kappa shape index (κ2) is 14.0. The summed E-state index contributed by atoms with van der Waals surface area (Å²) >= 11 is 0. The summed E-state index contributed by atoms with van der Waals surface area (Å²) in [5, 5.41) is 7.50. The summed E-state index contributed by atoms with van der Waals surface area (Å²) < 4.78 is 11.4. The van der Waals surface area contributed by atoms with Crippen molar-refractivity contribution in [2.45, 2.75) is 53.6 Å². The van der Waals surface area contributed by atoms with Gasteiger partial charge in [-0.05, 0) is 45.8 Å². The molecule has 0 fully saturated rings. The molecule has 0 aliphatic heterocycles. The third-order valence-corrected chi connectivity index (χ3v) is 4.63. The van der Waals surface area contributed by atoms with Crippen LogP contribution >= 0.6 is 0 Å². The fourth-order valence-corrected chi connectivity index (χ4v) is 3.31.